The lowest BCUT2D eigenvalue weighted by atomic mass is 9.99. The normalized spacial score (nSPS) is 39.9. The summed E-state index contributed by atoms with van der Waals surface area (Å²) in [5, 5.41) is 59.3. The van der Waals surface area contributed by atoms with Crippen molar-refractivity contribution in [2.24, 2.45) is 0 Å². The molecule has 30 heavy (non-hydrogen) atoms. The van der Waals surface area contributed by atoms with Crippen LogP contribution in [-0.4, -0.2) is 106 Å². The fourth-order valence-electron chi connectivity index (χ4n) is 3.65. The zero-order valence-corrected chi connectivity index (χ0v) is 17.6. The van der Waals surface area contributed by atoms with Gasteiger partial charge < -0.3 is 49.6 Å². The minimum absolute atomic E-state index is 0.0242. The van der Waals surface area contributed by atoms with Crippen LogP contribution < -0.4 is 0 Å². The molecule has 2 saturated heterocycles. The van der Waals surface area contributed by atoms with Crippen molar-refractivity contribution in [2.75, 3.05) is 19.8 Å². The molecule has 0 radical (unpaired) electrons. The average molecular weight is 439 g/mol. The second-order valence-corrected chi connectivity index (χ2v) is 8.07. The van der Waals surface area contributed by atoms with Gasteiger partial charge in [-0.2, -0.15) is 0 Å². The fraction of sp³-hybridized carbons (Fsp3) is 1.00. The first-order chi connectivity index (χ1) is 14.4. The highest BCUT2D eigenvalue weighted by Crippen LogP contribution is 2.25. The summed E-state index contributed by atoms with van der Waals surface area (Å²) in [4.78, 5) is 0. The van der Waals surface area contributed by atoms with E-state index in [1.807, 2.05) is 0 Å². The van der Waals surface area contributed by atoms with Gasteiger partial charge in [-0.25, -0.2) is 0 Å². The highest BCUT2D eigenvalue weighted by Gasteiger charge is 2.45. The van der Waals surface area contributed by atoms with Crippen LogP contribution in [0, 0.1) is 0 Å². The van der Waals surface area contributed by atoms with Gasteiger partial charge in [-0.15, -0.1) is 0 Å². The Labute approximate surface area is 177 Å². The molecule has 2 aliphatic heterocycles. The van der Waals surface area contributed by atoms with E-state index in [2.05, 4.69) is 6.92 Å². The van der Waals surface area contributed by atoms with E-state index >= 15 is 0 Å². The molecule has 0 aromatic heterocycles. The molecule has 0 aliphatic carbocycles. The summed E-state index contributed by atoms with van der Waals surface area (Å²) in [6.07, 6.45) is -4.16. The lowest BCUT2D eigenvalue weighted by molar-refractivity contribution is -0.317. The summed E-state index contributed by atoms with van der Waals surface area (Å²) in [5.74, 6) is 0. The minimum Gasteiger partial charge on any atom is -0.394 e. The maximum Gasteiger partial charge on any atom is 0.186 e. The van der Waals surface area contributed by atoms with Crippen molar-refractivity contribution in [3.8, 4) is 0 Å². The Morgan fingerprint density at radius 3 is 2.17 bits per heavy atom. The Morgan fingerprint density at radius 2 is 1.47 bits per heavy atom. The maximum atomic E-state index is 10.2. The molecule has 10 heteroatoms. The van der Waals surface area contributed by atoms with Gasteiger partial charge in [-0.1, -0.05) is 39.0 Å². The topological polar surface area (TPSA) is 158 Å². The molecular weight excluding hydrogens is 400 g/mol. The summed E-state index contributed by atoms with van der Waals surface area (Å²) in [6, 6.07) is 0. The van der Waals surface area contributed by atoms with Crippen molar-refractivity contribution in [1.82, 2.24) is 0 Å². The third-order valence-corrected chi connectivity index (χ3v) is 5.61. The van der Waals surface area contributed by atoms with Crippen LogP contribution in [0.25, 0.3) is 0 Å². The van der Waals surface area contributed by atoms with Crippen LogP contribution in [0.1, 0.15) is 51.9 Å². The van der Waals surface area contributed by atoms with E-state index in [0.29, 0.717) is 6.61 Å². The van der Waals surface area contributed by atoms with Gasteiger partial charge in [0.1, 0.15) is 36.6 Å². The van der Waals surface area contributed by atoms with Crippen molar-refractivity contribution >= 4 is 0 Å². The molecule has 2 heterocycles. The molecular formula is C20H38O10. The van der Waals surface area contributed by atoms with E-state index < -0.39 is 61.9 Å². The first-order valence-electron chi connectivity index (χ1n) is 10.9. The van der Waals surface area contributed by atoms with Crippen molar-refractivity contribution in [3.63, 3.8) is 0 Å². The van der Waals surface area contributed by atoms with Crippen LogP contribution >= 0.6 is 0 Å². The quantitative estimate of drug-likeness (QED) is 0.209. The molecule has 2 rings (SSSR count). The standard InChI is InChI=1S/C20H38O10/c1-2-3-4-5-6-7-8-27-20-19(26)18(25)17(24)14(30-20)11-28-15-9-12(22)16(23)13(10-21)29-15/h12-26H,2-11H2,1H3/t12-,13-,14-,15+,16+,17-,18+,19+,20+/m1/s1. The average Bonchev–Trinajstić information content (AvgIpc) is 2.74. The summed E-state index contributed by atoms with van der Waals surface area (Å²) < 4.78 is 22.1. The van der Waals surface area contributed by atoms with Gasteiger partial charge in [0.25, 0.3) is 0 Å². The molecule has 0 aromatic carbocycles. The van der Waals surface area contributed by atoms with E-state index in [0.717, 1.165) is 19.3 Å². The number of rotatable bonds is 12. The summed E-state index contributed by atoms with van der Waals surface area (Å²) in [5.41, 5.74) is 0. The summed E-state index contributed by atoms with van der Waals surface area (Å²) in [7, 11) is 0. The van der Waals surface area contributed by atoms with Gasteiger partial charge in [0.15, 0.2) is 12.6 Å². The number of aliphatic hydroxyl groups is 6. The number of hydrogen-bond donors (Lipinski definition) is 6. The molecule has 178 valence electrons. The molecule has 0 saturated carbocycles. The molecule has 0 bridgehead atoms. The van der Waals surface area contributed by atoms with E-state index in [-0.39, 0.29) is 13.0 Å². The van der Waals surface area contributed by atoms with Gasteiger partial charge in [0.05, 0.1) is 19.3 Å². The molecule has 2 fully saturated rings. The zero-order chi connectivity index (χ0) is 22.1. The minimum atomic E-state index is -1.47. The van der Waals surface area contributed by atoms with E-state index in [4.69, 9.17) is 18.9 Å². The predicted octanol–water partition coefficient (Wildman–Crippen LogP) is -0.983. The molecule has 6 N–H and O–H groups in total. The molecule has 0 unspecified atom stereocenters. The Morgan fingerprint density at radius 1 is 0.767 bits per heavy atom. The third kappa shape index (κ3) is 7.33. The first kappa shape index (κ1) is 25.9. The molecule has 2 aliphatic rings. The summed E-state index contributed by atoms with van der Waals surface area (Å²) >= 11 is 0. The number of hydrogen-bond acceptors (Lipinski definition) is 10. The highest BCUT2D eigenvalue weighted by atomic mass is 16.7. The highest BCUT2D eigenvalue weighted by molar-refractivity contribution is 4.89. The summed E-state index contributed by atoms with van der Waals surface area (Å²) in [6.45, 7) is 1.83. The molecule has 9 atom stereocenters. The van der Waals surface area contributed by atoms with Gasteiger partial charge >= 0.3 is 0 Å². The lowest BCUT2D eigenvalue weighted by Gasteiger charge is -2.41. The van der Waals surface area contributed by atoms with Crippen molar-refractivity contribution in [2.45, 2.75) is 107 Å². The van der Waals surface area contributed by atoms with Gasteiger partial charge in [-0.05, 0) is 6.42 Å². The predicted molar refractivity (Wildman–Crippen MR) is 104 cm³/mol. The van der Waals surface area contributed by atoms with Crippen LogP contribution in [0.2, 0.25) is 0 Å². The van der Waals surface area contributed by atoms with Crippen LogP contribution in [0.4, 0.5) is 0 Å². The Kier molecular flexibility index (Phi) is 11.4. The number of aliphatic hydroxyl groups excluding tert-OH is 6. The number of ether oxygens (including phenoxy) is 4. The second kappa shape index (κ2) is 13.2. The largest absolute Gasteiger partial charge is 0.394 e. The Bertz CT molecular complexity index is 467. The smallest absolute Gasteiger partial charge is 0.186 e. The number of unbranched alkanes of at least 4 members (excludes halogenated alkanes) is 5. The third-order valence-electron chi connectivity index (χ3n) is 5.61. The fourth-order valence-corrected chi connectivity index (χ4v) is 3.65. The van der Waals surface area contributed by atoms with Crippen LogP contribution in [0.3, 0.4) is 0 Å². The lowest BCUT2D eigenvalue weighted by Crippen LogP contribution is -2.59. The molecule has 10 nitrogen and oxygen atoms in total. The van der Waals surface area contributed by atoms with Gasteiger partial charge in [-0.3, -0.25) is 0 Å². The van der Waals surface area contributed by atoms with Crippen LogP contribution in [0.15, 0.2) is 0 Å². The van der Waals surface area contributed by atoms with Gasteiger partial charge in [0, 0.05) is 13.0 Å². The van der Waals surface area contributed by atoms with Crippen LogP contribution in [-0.2, 0) is 18.9 Å². The monoisotopic (exact) mass is 438 g/mol. The SMILES string of the molecule is CCCCCCCCO[C@H]1O[C@H](CO[C@@H]2C[C@@H](O)[C@H](O)[C@@H](CO)O2)[C@@H](O)[C@H](O)[C@@H]1O. The van der Waals surface area contributed by atoms with Crippen molar-refractivity contribution in [1.29, 1.82) is 0 Å². The van der Waals surface area contributed by atoms with E-state index in [1.54, 1.807) is 0 Å². The molecule has 0 spiro atoms. The van der Waals surface area contributed by atoms with Crippen molar-refractivity contribution in [3.05, 3.63) is 0 Å². The van der Waals surface area contributed by atoms with Gasteiger partial charge in [0.2, 0.25) is 0 Å². The van der Waals surface area contributed by atoms with Crippen LogP contribution in [0.5, 0.6) is 0 Å². The zero-order valence-electron chi connectivity index (χ0n) is 17.6. The van der Waals surface area contributed by atoms with E-state index in [1.165, 1.54) is 19.3 Å². The van der Waals surface area contributed by atoms with E-state index in [9.17, 15) is 30.6 Å². The van der Waals surface area contributed by atoms with Crippen molar-refractivity contribution < 1.29 is 49.6 Å². The maximum absolute atomic E-state index is 10.2. The first-order valence-corrected chi connectivity index (χ1v) is 10.9. The Balaban J connectivity index is 1.78. The molecule has 0 aromatic rings. The Hall–Kier alpha value is -0.400. The molecule has 0 amide bonds. The second-order valence-electron chi connectivity index (χ2n) is 8.07.